The summed E-state index contributed by atoms with van der Waals surface area (Å²) in [6.07, 6.45) is 3.16. The Morgan fingerprint density at radius 2 is 2.22 bits per heavy atom. The highest BCUT2D eigenvalue weighted by Crippen LogP contribution is 2.24. The van der Waals surface area contributed by atoms with E-state index in [0.29, 0.717) is 17.1 Å². The summed E-state index contributed by atoms with van der Waals surface area (Å²) in [5.74, 6) is 0.819. The first-order valence-corrected chi connectivity index (χ1v) is 7.71. The van der Waals surface area contributed by atoms with Crippen molar-refractivity contribution in [2.75, 3.05) is 32.1 Å². The molecule has 5 heteroatoms. The lowest BCUT2D eigenvalue weighted by molar-refractivity contribution is 0.246. The highest BCUT2D eigenvalue weighted by molar-refractivity contribution is 7.98. The molecule has 0 heterocycles. The third-order valence-electron chi connectivity index (χ3n) is 2.94. The van der Waals surface area contributed by atoms with E-state index < -0.39 is 0 Å². The van der Waals surface area contributed by atoms with Crippen LogP contribution < -0.4 is 5.73 Å². The first kappa shape index (κ1) is 15.8. The van der Waals surface area contributed by atoms with Gasteiger partial charge in [0, 0.05) is 23.2 Å². The number of nitrogens with two attached hydrogens (primary N) is 1. The lowest BCUT2D eigenvalue weighted by Gasteiger charge is -2.27. The van der Waals surface area contributed by atoms with Gasteiger partial charge in [0.15, 0.2) is 0 Å². The van der Waals surface area contributed by atoms with E-state index in [-0.39, 0.29) is 11.9 Å². The molecule has 0 aliphatic carbocycles. The first-order chi connectivity index (χ1) is 8.60. The van der Waals surface area contributed by atoms with Gasteiger partial charge >= 0.3 is 0 Å². The van der Waals surface area contributed by atoms with Gasteiger partial charge in [-0.2, -0.15) is 11.8 Å². The molecule has 0 radical (unpaired) electrons. The number of likely N-dealkylation sites (N-methyl/N-ethyl adjacent to an activating group) is 1. The Balaban J connectivity index is 2.75. The van der Waals surface area contributed by atoms with Gasteiger partial charge in [0.1, 0.15) is 5.82 Å². The standard InChI is InChI=1S/C13H20ClFN2S/c1-17(6-3-7-18-2)13(9-16)11-5-4-10(14)8-12(11)15/h4-5,8,13H,3,6-7,9,16H2,1-2H3. The van der Waals surface area contributed by atoms with E-state index in [1.807, 2.05) is 18.8 Å². The molecule has 0 aromatic heterocycles. The predicted octanol–water partition coefficient (Wildman–Crippen LogP) is 3.16. The molecule has 1 unspecified atom stereocenters. The first-order valence-electron chi connectivity index (χ1n) is 5.94. The fourth-order valence-corrected chi connectivity index (χ4v) is 2.51. The van der Waals surface area contributed by atoms with Gasteiger partial charge in [0.05, 0.1) is 0 Å². The lowest BCUT2D eigenvalue weighted by Crippen LogP contribution is -2.32. The van der Waals surface area contributed by atoms with Crippen molar-refractivity contribution >= 4 is 23.4 Å². The molecule has 0 saturated heterocycles. The van der Waals surface area contributed by atoms with E-state index in [1.165, 1.54) is 6.07 Å². The maximum absolute atomic E-state index is 13.9. The maximum Gasteiger partial charge on any atom is 0.129 e. The van der Waals surface area contributed by atoms with Crippen LogP contribution in [0.15, 0.2) is 18.2 Å². The molecule has 0 amide bonds. The van der Waals surface area contributed by atoms with Gasteiger partial charge in [-0.25, -0.2) is 4.39 Å². The van der Waals surface area contributed by atoms with Crippen molar-refractivity contribution in [2.24, 2.45) is 5.73 Å². The molecule has 0 bridgehead atoms. The summed E-state index contributed by atoms with van der Waals surface area (Å²) < 4.78 is 13.9. The van der Waals surface area contributed by atoms with Crippen LogP contribution in [0, 0.1) is 5.82 Å². The molecule has 2 N–H and O–H groups in total. The predicted molar refractivity (Wildman–Crippen MR) is 78.8 cm³/mol. The second kappa shape index (κ2) is 8.00. The Bertz CT molecular complexity index is 376. The minimum atomic E-state index is -0.283. The lowest BCUT2D eigenvalue weighted by atomic mass is 10.0. The minimum absolute atomic E-state index is 0.0934. The number of thioether (sulfide) groups is 1. The summed E-state index contributed by atoms with van der Waals surface area (Å²) in [5, 5.41) is 0.414. The third kappa shape index (κ3) is 4.43. The molecule has 1 atom stereocenters. The summed E-state index contributed by atoms with van der Waals surface area (Å²) in [7, 11) is 1.98. The van der Waals surface area contributed by atoms with Crippen LogP contribution in [0.25, 0.3) is 0 Å². The van der Waals surface area contributed by atoms with Crippen LogP contribution in [0.2, 0.25) is 5.02 Å². The molecule has 102 valence electrons. The SMILES string of the molecule is CSCCCN(C)C(CN)c1ccc(Cl)cc1F. The molecule has 0 saturated carbocycles. The third-order valence-corrected chi connectivity index (χ3v) is 3.87. The quantitative estimate of drug-likeness (QED) is 0.782. The molecule has 0 aliphatic heterocycles. The Morgan fingerprint density at radius 3 is 2.78 bits per heavy atom. The van der Waals surface area contributed by atoms with E-state index in [0.717, 1.165) is 18.7 Å². The van der Waals surface area contributed by atoms with E-state index in [2.05, 4.69) is 11.2 Å². The van der Waals surface area contributed by atoms with E-state index in [1.54, 1.807) is 12.1 Å². The van der Waals surface area contributed by atoms with Crippen LogP contribution in [0.1, 0.15) is 18.0 Å². The van der Waals surface area contributed by atoms with Crippen molar-refractivity contribution in [2.45, 2.75) is 12.5 Å². The molecular formula is C13H20ClFN2S. The molecular weight excluding hydrogens is 271 g/mol. The average molecular weight is 291 g/mol. The van der Waals surface area contributed by atoms with Crippen LogP contribution in [-0.2, 0) is 0 Å². The number of rotatable bonds is 7. The van der Waals surface area contributed by atoms with E-state index >= 15 is 0 Å². The number of nitrogens with zero attached hydrogens (tertiary/aromatic N) is 1. The molecule has 0 fully saturated rings. The second-order valence-electron chi connectivity index (χ2n) is 4.24. The number of hydrogen-bond acceptors (Lipinski definition) is 3. The number of benzene rings is 1. The van der Waals surface area contributed by atoms with Crippen molar-refractivity contribution in [3.63, 3.8) is 0 Å². The number of halogens is 2. The zero-order valence-electron chi connectivity index (χ0n) is 10.8. The largest absolute Gasteiger partial charge is 0.329 e. The average Bonchev–Trinajstić information content (AvgIpc) is 2.33. The van der Waals surface area contributed by atoms with Crippen LogP contribution >= 0.6 is 23.4 Å². The summed E-state index contributed by atoms with van der Waals surface area (Å²) in [6.45, 7) is 1.30. The molecule has 1 rings (SSSR count). The van der Waals surface area contributed by atoms with Crippen LogP contribution in [0.3, 0.4) is 0 Å². The monoisotopic (exact) mass is 290 g/mol. The Kier molecular flexibility index (Phi) is 7.00. The molecule has 1 aromatic rings. The number of hydrogen-bond donors (Lipinski definition) is 1. The minimum Gasteiger partial charge on any atom is -0.329 e. The summed E-state index contributed by atoms with van der Waals surface area (Å²) in [6, 6.07) is 4.68. The fraction of sp³-hybridized carbons (Fsp3) is 0.538. The van der Waals surface area contributed by atoms with Gasteiger partial charge in [-0.3, -0.25) is 4.90 Å². The highest BCUT2D eigenvalue weighted by Gasteiger charge is 2.18. The Hall–Kier alpha value is -0.290. The maximum atomic E-state index is 13.9. The van der Waals surface area contributed by atoms with E-state index in [9.17, 15) is 4.39 Å². The smallest absolute Gasteiger partial charge is 0.129 e. The van der Waals surface area contributed by atoms with Crippen LogP contribution in [0.4, 0.5) is 4.39 Å². The van der Waals surface area contributed by atoms with Crippen molar-refractivity contribution in [3.05, 3.63) is 34.6 Å². The normalized spacial score (nSPS) is 13.0. The van der Waals surface area contributed by atoms with Crippen molar-refractivity contribution in [1.82, 2.24) is 4.90 Å². The van der Waals surface area contributed by atoms with Crippen LogP contribution in [0.5, 0.6) is 0 Å². The zero-order chi connectivity index (χ0) is 13.5. The van der Waals surface area contributed by atoms with Gasteiger partial charge in [-0.05, 0) is 44.2 Å². The molecule has 0 spiro atoms. The fourth-order valence-electron chi connectivity index (χ4n) is 1.93. The van der Waals surface area contributed by atoms with Crippen molar-refractivity contribution in [1.29, 1.82) is 0 Å². The molecule has 1 aromatic carbocycles. The summed E-state index contributed by atoms with van der Waals surface area (Å²) in [5.41, 5.74) is 6.39. The Morgan fingerprint density at radius 1 is 1.50 bits per heavy atom. The second-order valence-corrected chi connectivity index (χ2v) is 5.67. The van der Waals surface area contributed by atoms with Crippen molar-refractivity contribution in [3.8, 4) is 0 Å². The Labute approximate surface area is 118 Å². The molecule has 0 aliphatic rings. The summed E-state index contributed by atoms with van der Waals surface area (Å²) >= 11 is 7.57. The van der Waals surface area contributed by atoms with E-state index in [4.69, 9.17) is 17.3 Å². The van der Waals surface area contributed by atoms with Crippen LogP contribution in [-0.4, -0.2) is 37.0 Å². The van der Waals surface area contributed by atoms with Gasteiger partial charge in [-0.1, -0.05) is 17.7 Å². The van der Waals surface area contributed by atoms with Gasteiger partial charge in [0.2, 0.25) is 0 Å². The zero-order valence-corrected chi connectivity index (χ0v) is 12.4. The topological polar surface area (TPSA) is 29.3 Å². The summed E-state index contributed by atoms with van der Waals surface area (Å²) in [4.78, 5) is 2.10. The van der Waals surface area contributed by atoms with Crippen molar-refractivity contribution < 1.29 is 4.39 Å². The molecule has 2 nitrogen and oxygen atoms in total. The molecule has 18 heavy (non-hydrogen) atoms. The van der Waals surface area contributed by atoms with Gasteiger partial charge < -0.3 is 5.73 Å². The van der Waals surface area contributed by atoms with Gasteiger partial charge in [0.25, 0.3) is 0 Å². The van der Waals surface area contributed by atoms with Gasteiger partial charge in [-0.15, -0.1) is 0 Å². The highest BCUT2D eigenvalue weighted by atomic mass is 35.5.